The number of hydrogen-bond donors (Lipinski definition) is 4. The molecule has 1 aromatic rings. The van der Waals surface area contributed by atoms with E-state index < -0.39 is 24.6 Å². The number of aliphatic hydroxyl groups excluding tert-OH is 1. The fraction of sp³-hybridized carbons (Fsp3) is 0.500. The summed E-state index contributed by atoms with van der Waals surface area (Å²) in [5, 5.41) is 30.2. The van der Waals surface area contributed by atoms with E-state index in [1.54, 1.807) is 0 Å². The number of carbonyl (C=O) groups is 2. The number of aliphatic hydroxyl groups is 1. The van der Waals surface area contributed by atoms with E-state index in [1.807, 2.05) is 6.92 Å². The molecule has 0 aliphatic carbocycles. The molecule has 1 unspecified atom stereocenters. The summed E-state index contributed by atoms with van der Waals surface area (Å²) >= 11 is 1.20. The zero-order valence-corrected chi connectivity index (χ0v) is 9.82. The van der Waals surface area contributed by atoms with Crippen LogP contribution in [-0.4, -0.2) is 45.1 Å². The molecule has 17 heavy (non-hydrogen) atoms. The monoisotopic (exact) mass is 260 g/mol. The molecule has 0 aromatic carbocycles. The van der Waals surface area contributed by atoms with Gasteiger partial charge in [0.15, 0.2) is 6.04 Å². The van der Waals surface area contributed by atoms with E-state index in [0.717, 1.165) is 5.01 Å². The molecule has 0 spiro atoms. The maximum absolute atomic E-state index is 11.3. The van der Waals surface area contributed by atoms with Gasteiger partial charge in [-0.1, -0.05) is 18.3 Å². The molecule has 94 valence electrons. The van der Waals surface area contributed by atoms with Gasteiger partial charge in [-0.3, -0.25) is 5.32 Å². The molecule has 0 aliphatic rings. The number of aryl methyl sites for hydroxylation is 1. The molecule has 0 fully saturated rings. The lowest BCUT2D eigenvalue weighted by atomic mass is 10.3. The maximum Gasteiger partial charge on any atom is 0.328 e. The predicted molar refractivity (Wildman–Crippen MR) is 60.0 cm³/mol. The number of carbonyl (C=O) groups excluding carboxylic acids is 1. The van der Waals surface area contributed by atoms with Crippen molar-refractivity contribution in [1.82, 2.24) is 15.5 Å². The summed E-state index contributed by atoms with van der Waals surface area (Å²) in [6.45, 7) is 1.22. The van der Waals surface area contributed by atoms with Gasteiger partial charge in [-0.2, -0.15) is 0 Å². The largest absolute Gasteiger partial charge is 0.480 e. The Labute approximate surface area is 101 Å². The normalized spacial score (nSPS) is 11.9. The predicted octanol–water partition coefficient (Wildman–Crippen LogP) is -0.333. The lowest BCUT2D eigenvalue weighted by molar-refractivity contribution is -0.140. The Morgan fingerprint density at radius 2 is 2.18 bits per heavy atom. The minimum absolute atomic E-state index is 0.279. The first-order valence-corrected chi connectivity index (χ1v) is 5.62. The van der Waals surface area contributed by atoms with Crippen LogP contribution < -0.4 is 10.6 Å². The Hall–Kier alpha value is -1.74. The third-order valence-corrected chi connectivity index (χ3v) is 2.76. The topological polar surface area (TPSA) is 124 Å². The van der Waals surface area contributed by atoms with Gasteiger partial charge < -0.3 is 15.5 Å². The Morgan fingerprint density at radius 3 is 2.65 bits per heavy atom. The standard InChI is InChI=1S/C8H12N4O4S/c1-2-5-11-12-8(17-5)10-7(16)9-4(3-13)6(14)15/h4,13H,2-3H2,1H3,(H,14,15)(H2,9,10,12,16). The first kappa shape index (κ1) is 13.3. The van der Waals surface area contributed by atoms with Gasteiger partial charge in [0.05, 0.1) is 6.61 Å². The molecule has 0 aliphatic heterocycles. The number of carboxylic acid groups (broad SMARTS) is 1. The van der Waals surface area contributed by atoms with Crippen molar-refractivity contribution in [3.8, 4) is 0 Å². The molecule has 8 nitrogen and oxygen atoms in total. The number of rotatable bonds is 5. The maximum atomic E-state index is 11.3. The number of aliphatic carboxylic acids is 1. The number of anilines is 1. The smallest absolute Gasteiger partial charge is 0.328 e. The van der Waals surface area contributed by atoms with Crippen molar-refractivity contribution in [3.63, 3.8) is 0 Å². The Balaban J connectivity index is 2.51. The van der Waals surface area contributed by atoms with E-state index in [-0.39, 0.29) is 5.13 Å². The average molecular weight is 260 g/mol. The van der Waals surface area contributed by atoms with Crippen LogP contribution in [0.5, 0.6) is 0 Å². The third kappa shape index (κ3) is 3.96. The van der Waals surface area contributed by atoms with Gasteiger partial charge in [0.2, 0.25) is 5.13 Å². The molecular weight excluding hydrogens is 248 g/mol. The minimum atomic E-state index is -1.34. The van der Waals surface area contributed by atoms with Crippen molar-refractivity contribution in [3.05, 3.63) is 5.01 Å². The van der Waals surface area contributed by atoms with Crippen molar-refractivity contribution in [1.29, 1.82) is 0 Å². The van der Waals surface area contributed by atoms with E-state index in [1.165, 1.54) is 11.3 Å². The number of aromatic nitrogens is 2. The summed E-state index contributed by atoms with van der Waals surface area (Å²) in [5.74, 6) is -1.31. The van der Waals surface area contributed by atoms with E-state index in [0.29, 0.717) is 6.42 Å². The highest BCUT2D eigenvalue weighted by molar-refractivity contribution is 7.15. The van der Waals surface area contributed by atoms with E-state index in [2.05, 4.69) is 20.8 Å². The first-order chi connectivity index (χ1) is 8.06. The molecule has 0 saturated carbocycles. The van der Waals surface area contributed by atoms with Crippen LogP contribution in [-0.2, 0) is 11.2 Å². The van der Waals surface area contributed by atoms with Gasteiger partial charge in [0, 0.05) is 0 Å². The molecule has 1 heterocycles. The van der Waals surface area contributed by atoms with Crippen molar-refractivity contribution < 1.29 is 19.8 Å². The Bertz CT molecular complexity index is 408. The summed E-state index contributed by atoms with van der Waals surface area (Å²) < 4.78 is 0. The van der Waals surface area contributed by atoms with Crippen molar-refractivity contribution in [2.45, 2.75) is 19.4 Å². The van der Waals surface area contributed by atoms with Crippen molar-refractivity contribution in [2.75, 3.05) is 11.9 Å². The number of urea groups is 1. The van der Waals surface area contributed by atoms with Crippen molar-refractivity contribution >= 4 is 28.5 Å². The van der Waals surface area contributed by atoms with Gasteiger partial charge in [-0.25, -0.2) is 9.59 Å². The number of nitrogens with one attached hydrogen (secondary N) is 2. The van der Waals surface area contributed by atoms with Crippen LogP contribution in [0, 0.1) is 0 Å². The van der Waals surface area contributed by atoms with Crippen LogP contribution in [0.2, 0.25) is 0 Å². The quantitative estimate of drug-likeness (QED) is 0.574. The van der Waals surface area contributed by atoms with Crippen molar-refractivity contribution in [2.24, 2.45) is 0 Å². The SMILES string of the molecule is CCc1nnc(NC(=O)NC(CO)C(=O)O)s1. The fourth-order valence-electron chi connectivity index (χ4n) is 0.924. The highest BCUT2D eigenvalue weighted by Crippen LogP contribution is 2.14. The lowest BCUT2D eigenvalue weighted by Crippen LogP contribution is -2.45. The summed E-state index contributed by atoms with van der Waals surface area (Å²) in [6.07, 6.45) is 0.704. The molecule has 1 rings (SSSR count). The molecule has 0 bridgehead atoms. The average Bonchev–Trinajstić information content (AvgIpc) is 2.73. The molecule has 4 N–H and O–H groups in total. The second kappa shape index (κ2) is 6.11. The molecule has 1 aromatic heterocycles. The van der Waals surface area contributed by atoms with Crippen LogP contribution in [0.4, 0.5) is 9.93 Å². The summed E-state index contributed by atoms with van der Waals surface area (Å²) in [5.41, 5.74) is 0. The summed E-state index contributed by atoms with van der Waals surface area (Å²) in [4.78, 5) is 21.9. The number of amides is 2. The zero-order chi connectivity index (χ0) is 12.8. The lowest BCUT2D eigenvalue weighted by Gasteiger charge is -2.10. The highest BCUT2D eigenvalue weighted by Gasteiger charge is 2.19. The van der Waals surface area contributed by atoms with Gasteiger partial charge in [0.25, 0.3) is 0 Å². The third-order valence-electron chi connectivity index (χ3n) is 1.78. The van der Waals surface area contributed by atoms with Crippen LogP contribution in [0.15, 0.2) is 0 Å². The molecule has 2 amide bonds. The second-order valence-electron chi connectivity index (χ2n) is 3.03. The van der Waals surface area contributed by atoms with Crippen LogP contribution in [0.1, 0.15) is 11.9 Å². The van der Waals surface area contributed by atoms with Gasteiger partial charge in [-0.15, -0.1) is 10.2 Å². The van der Waals surface area contributed by atoms with Crippen LogP contribution in [0.3, 0.4) is 0 Å². The summed E-state index contributed by atoms with van der Waals surface area (Å²) in [6, 6.07) is -2.08. The van der Waals surface area contributed by atoms with E-state index in [9.17, 15) is 9.59 Å². The van der Waals surface area contributed by atoms with Crippen LogP contribution in [0.25, 0.3) is 0 Å². The number of carboxylic acids is 1. The van der Waals surface area contributed by atoms with E-state index >= 15 is 0 Å². The van der Waals surface area contributed by atoms with Gasteiger partial charge in [-0.05, 0) is 6.42 Å². The molecule has 1 atom stereocenters. The second-order valence-corrected chi connectivity index (χ2v) is 4.09. The Morgan fingerprint density at radius 1 is 1.47 bits per heavy atom. The molecule has 9 heteroatoms. The number of hydrogen-bond acceptors (Lipinski definition) is 6. The summed E-state index contributed by atoms with van der Waals surface area (Å²) in [7, 11) is 0. The first-order valence-electron chi connectivity index (χ1n) is 4.80. The van der Waals surface area contributed by atoms with Gasteiger partial charge >= 0.3 is 12.0 Å². The van der Waals surface area contributed by atoms with Gasteiger partial charge in [0.1, 0.15) is 5.01 Å². The minimum Gasteiger partial charge on any atom is -0.480 e. The zero-order valence-electron chi connectivity index (χ0n) is 9.01. The fourth-order valence-corrected chi connectivity index (χ4v) is 1.60. The highest BCUT2D eigenvalue weighted by atomic mass is 32.1. The molecule has 0 saturated heterocycles. The number of nitrogens with zero attached hydrogens (tertiary/aromatic N) is 2. The molecule has 0 radical (unpaired) electrons. The van der Waals surface area contributed by atoms with Crippen LogP contribution >= 0.6 is 11.3 Å². The Kier molecular flexibility index (Phi) is 4.79. The van der Waals surface area contributed by atoms with E-state index in [4.69, 9.17) is 10.2 Å². The molecular formula is C8H12N4O4S.